The van der Waals surface area contributed by atoms with Gasteiger partial charge in [0, 0.05) is 29.6 Å². The van der Waals surface area contributed by atoms with Crippen molar-refractivity contribution in [3.8, 4) is 11.1 Å². The quantitative estimate of drug-likeness (QED) is 0.543. The number of benzene rings is 2. The van der Waals surface area contributed by atoms with Gasteiger partial charge < -0.3 is 4.57 Å². The summed E-state index contributed by atoms with van der Waals surface area (Å²) in [5, 5.41) is 0. The van der Waals surface area contributed by atoms with Crippen LogP contribution in [0.5, 0.6) is 0 Å². The monoisotopic (exact) mass is 339 g/mol. The number of halogens is 2. The van der Waals surface area contributed by atoms with E-state index in [0.29, 0.717) is 17.7 Å². The third kappa shape index (κ3) is 4.36. The van der Waals surface area contributed by atoms with Crippen LogP contribution in [0.3, 0.4) is 0 Å². The lowest BCUT2D eigenvalue weighted by atomic mass is 9.90. The highest BCUT2D eigenvalue weighted by Crippen LogP contribution is 2.29. The van der Waals surface area contributed by atoms with Crippen LogP contribution in [0.15, 0.2) is 60.8 Å². The van der Waals surface area contributed by atoms with Crippen molar-refractivity contribution < 1.29 is 8.78 Å². The highest BCUT2D eigenvalue weighted by molar-refractivity contribution is 5.64. The number of nitrogens with zero attached hydrogens (tertiary/aromatic N) is 1. The Labute approximate surface area is 147 Å². The fraction of sp³-hybridized carbons (Fsp3) is 0.273. The Morgan fingerprint density at radius 2 is 1.64 bits per heavy atom. The van der Waals surface area contributed by atoms with Crippen LogP contribution in [0.1, 0.15) is 32.0 Å². The summed E-state index contributed by atoms with van der Waals surface area (Å²) in [7, 11) is 0. The largest absolute Gasteiger partial charge is 0.346 e. The van der Waals surface area contributed by atoms with E-state index >= 15 is 0 Å². The Kier molecular flexibility index (Phi) is 4.76. The lowest BCUT2D eigenvalue weighted by Gasteiger charge is -2.19. The molecule has 1 nitrogen and oxygen atoms in total. The molecule has 2 aromatic carbocycles. The van der Waals surface area contributed by atoms with Gasteiger partial charge in [-0.3, -0.25) is 0 Å². The van der Waals surface area contributed by atoms with Crippen LogP contribution in [0.2, 0.25) is 0 Å². The lowest BCUT2D eigenvalue weighted by molar-refractivity contribution is 0.399. The van der Waals surface area contributed by atoms with E-state index in [9.17, 15) is 8.78 Å². The minimum absolute atomic E-state index is 0.102. The lowest BCUT2D eigenvalue weighted by Crippen LogP contribution is -2.13. The van der Waals surface area contributed by atoms with Gasteiger partial charge in [-0.25, -0.2) is 8.78 Å². The Balaban J connectivity index is 2.03. The fourth-order valence-electron chi connectivity index (χ4n) is 3.04. The number of hydrogen-bond acceptors (Lipinski definition) is 0. The zero-order chi connectivity index (χ0) is 18.0. The molecular formula is C22H23F2N. The van der Waals surface area contributed by atoms with Crippen molar-refractivity contribution in [1.82, 2.24) is 4.57 Å². The van der Waals surface area contributed by atoms with Gasteiger partial charge in [-0.2, -0.15) is 0 Å². The van der Waals surface area contributed by atoms with Gasteiger partial charge in [0.1, 0.15) is 11.6 Å². The molecule has 3 aromatic rings. The Morgan fingerprint density at radius 3 is 2.32 bits per heavy atom. The van der Waals surface area contributed by atoms with E-state index in [-0.39, 0.29) is 5.41 Å². The van der Waals surface area contributed by atoms with Crippen LogP contribution in [-0.2, 0) is 13.0 Å². The van der Waals surface area contributed by atoms with E-state index in [1.54, 1.807) is 0 Å². The van der Waals surface area contributed by atoms with Gasteiger partial charge in [0.15, 0.2) is 0 Å². The van der Waals surface area contributed by atoms with Gasteiger partial charge in [0.05, 0.1) is 0 Å². The summed E-state index contributed by atoms with van der Waals surface area (Å²) in [6.45, 7) is 7.24. The molecule has 25 heavy (non-hydrogen) atoms. The average Bonchev–Trinajstić information content (AvgIpc) is 2.91. The number of aromatic nitrogens is 1. The number of hydrogen-bond donors (Lipinski definition) is 0. The minimum Gasteiger partial charge on any atom is -0.346 e. The maximum atomic E-state index is 14.2. The highest BCUT2D eigenvalue weighted by atomic mass is 19.1. The van der Waals surface area contributed by atoms with Gasteiger partial charge in [-0.15, -0.1) is 0 Å². The fourth-order valence-corrected chi connectivity index (χ4v) is 3.04. The molecule has 0 saturated heterocycles. The maximum absolute atomic E-state index is 14.2. The Bertz CT molecular complexity index is 857. The van der Waals surface area contributed by atoms with Crippen LogP contribution in [0.4, 0.5) is 8.78 Å². The first-order chi connectivity index (χ1) is 11.8. The summed E-state index contributed by atoms with van der Waals surface area (Å²) in [5.41, 5.74) is 3.42. The highest BCUT2D eigenvalue weighted by Gasteiger charge is 2.18. The van der Waals surface area contributed by atoms with Crippen LogP contribution in [0.25, 0.3) is 11.1 Å². The molecule has 0 radical (unpaired) electrons. The smallest absolute Gasteiger partial charge is 0.131 e. The predicted molar refractivity (Wildman–Crippen MR) is 98.5 cm³/mol. The molecule has 1 heterocycles. The first-order valence-corrected chi connectivity index (χ1v) is 8.50. The summed E-state index contributed by atoms with van der Waals surface area (Å²) in [6.07, 6.45) is 2.78. The predicted octanol–water partition coefficient (Wildman–Crippen LogP) is 6.07. The molecular weight excluding hydrogens is 316 g/mol. The summed E-state index contributed by atoms with van der Waals surface area (Å²) < 4.78 is 29.9. The van der Waals surface area contributed by atoms with Crippen molar-refractivity contribution in [2.24, 2.45) is 5.41 Å². The molecule has 3 heteroatoms. The SMILES string of the molecule is CC(C)(C)Cc1cc(-c2cc(F)ccc2F)cn1Cc1ccccc1. The van der Waals surface area contributed by atoms with Crippen LogP contribution in [-0.4, -0.2) is 4.57 Å². The van der Waals surface area contributed by atoms with Crippen molar-refractivity contribution in [1.29, 1.82) is 0 Å². The minimum atomic E-state index is -0.426. The molecule has 0 aliphatic rings. The summed E-state index contributed by atoms with van der Waals surface area (Å²) in [6, 6.07) is 15.7. The molecule has 0 aliphatic heterocycles. The van der Waals surface area contributed by atoms with Gasteiger partial charge >= 0.3 is 0 Å². The summed E-state index contributed by atoms with van der Waals surface area (Å²) in [5.74, 6) is -0.829. The number of rotatable bonds is 4. The van der Waals surface area contributed by atoms with Crippen LogP contribution in [0, 0.1) is 17.0 Å². The van der Waals surface area contributed by atoms with Crippen molar-refractivity contribution >= 4 is 0 Å². The van der Waals surface area contributed by atoms with Crippen molar-refractivity contribution in [2.45, 2.75) is 33.7 Å². The molecule has 0 unspecified atom stereocenters. The van der Waals surface area contributed by atoms with Crippen LogP contribution < -0.4 is 0 Å². The van der Waals surface area contributed by atoms with Gasteiger partial charge in [0.25, 0.3) is 0 Å². The molecule has 0 spiro atoms. The Morgan fingerprint density at radius 1 is 0.920 bits per heavy atom. The van der Waals surface area contributed by atoms with Gasteiger partial charge in [0.2, 0.25) is 0 Å². The standard InChI is InChI=1S/C22H23F2N/c1-22(2,3)13-19-11-17(20-12-18(23)9-10-21(20)24)15-25(19)14-16-7-5-4-6-8-16/h4-12,15H,13-14H2,1-3H3. The van der Waals surface area contributed by atoms with E-state index in [1.165, 1.54) is 17.7 Å². The summed E-state index contributed by atoms with van der Waals surface area (Å²) in [4.78, 5) is 0. The first-order valence-electron chi connectivity index (χ1n) is 8.50. The second kappa shape index (κ2) is 6.83. The molecule has 0 fully saturated rings. The third-order valence-electron chi connectivity index (χ3n) is 4.13. The van der Waals surface area contributed by atoms with Crippen molar-refractivity contribution in [2.75, 3.05) is 0 Å². The molecule has 130 valence electrons. The molecule has 0 N–H and O–H groups in total. The Hall–Kier alpha value is -2.42. The average molecular weight is 339 g/mol. The van der Waals surface area contributed by atoms with E-state index in [4.69, 9.17) is 0 Å². The topological polar surface area (TPSA) is 4.93 Å². The van der Waals surface area contributed by atoms with Crippen molar-refractivity contribution in [3.63, 3.8) is 0 Å². The first kappa shape index (κ1) is 17.4. The zero-order valence-electron chi connectivity index (χ0n) is 14.9. The second-order valence-electron chi connectivity index (χ2n) is 7.70. The van der Waals surface area contributed by atoms with E-state index in [0.717, 1.165) is 18.2 Å². The molecule has 0 bridgehead atoms. The van der Waals surface area contributed by atoms with Gasteiger partial charge in [-0.05, 0) is 41.7 Å². The zero-order valence-corrected chi connectivity index (χ0v) is 14.9. The van der Waals surface area contributed by atoms with Crippen molar-refractivity contribution in [3.05, 3.63) is 83.7 Å². The molecule has 1 aromatic heterocycles. The summed E-state index contributed by atoms with van der Waals surface area (Å²) >= 11 is 0. The third-order valence-corrected chi connectivity index (χ3v) is 4.13. The van der Waals surface area contributed by atoms with E-state index in [2.05, 4.69) is 37.5 Å². The van der Waals surface area contributed by atoms with Gasteiger partial charge in [-0.1, -0.05) is 51.1 Å². The second-order valence-corrected chi connectivity index (χ2v) is 7.70. The normalized spacial score (nSPS) is 11.7. The van der Waals surface area contributed by atoms with E-state index < -0.39 is 11.6 Å². The molecule has 0 aliphatic carbocycles. The molecule has 0 atom stereocenters. The molecule has 0 saturated carbocycles. The van der Waals surface area contributed by atoms with E-state index in [1.807, 2.05) is 30.5 Å². The molecule has 0 amide bonds. The maximum Gasteiger partial charge on any atom is 0.131 e. The molecule has 3 rings (SSSR count). The van der Waals surface area contributed by atoms with Crippen LogP contribution >= 0.6 is 0 Å².